The van der Waals surface area contributed by atoms with Gasteiger partial charge >= 0.3 is 0 Å². The van der Waals surface area contributed by atoms with E-state index >= 15 is 0 Å². The van der Waals surface area contributed by atoms with Gasteiger partial charge in [0.05, 0.1) is 8.80 Å². The van der Waals surface area contributed by atoms with Crippen LogP contribution >= 0.6 is 0 Å². The zero-order valence-corrected chi connectivity index (χ0v) is 13.7. The van der Waals surface area contributed by atoms with Crippen LogP contribution < -0.4 is 0 Å². The molecule has 0 spiro atoms. The molecule has 1 aliphatic rings. The van der Waals surface area contributed by atoms with Gasteiger partial charge in [-0.3, -0.25) is 0 Å². The Morgan fingerprint density at radius 3 is 2.00 bits per heavy atom. The van der Waals surface area contributed by atoms with Crippen LogP contribution in [0.15, 0.2) is 22.5 Å². The highest BCUT2D eigenvalue weighted by Crippen LogP contribution is 2.37. The minimum Gasteiger partial charge on any atom is -0.0927 e. The van der Waals surface area contributed by atoms with Gasteiger partial charge in [-0.15, -0.1) is 0 Å². The molecule has 1 rings (SSSR count). The zero-order chi connectivity index (χ0) is 13.0. The van der Waals surface area contributed by atoms with Crippen LogP contribution in [-0.2, 0) is 0 Å². The average molecular weight is 251 g/mol. The van der Waals surface area contributed by atoms with Gasteiger partial charge in [-0.1, -0.05) is 76.9 Å². The largest absolute Gasteiger partial charge is 0.0927 e. The molecule has 0 N–H and O–H groups in total. The van der Waals surface area contributed by atoms with Crippen molar-refractivity contribution in [2.24, 2.45) is 11.8 Å². The Morgan fingerprint density at radius 2 is 1.53 bits per heavy atom. The van der Waals surface area contributed by atoms with E-state index in [0.717, 1.165) is 17.4 Å². The summed E-state index contributed by atoms with van der Waals surface area (Å²) in [5.41, 5.74) is 5.24. The summed E-state index contributed by atoms with van der Waals surface area (Å²) in [6, 6.07) is 0. The van der Waals surface area contributed by atoms with Crippen molar-refractivity contribution in [3.05, 3.63) is 22.5 Å². The molecule has 1 heterocycles. The third-order valence-corrected chi connectivity index (χ3v) is 8.64. The van der Waals surface area contributed by atoms with Crippen LogP contribution in [0, 0.1) is 11.8 Å². The Kier molecular flexibility index (Phi) is 5.71. The molecule has 0 amide bonds. The molecule has 4 atom stereocenters. The van der Waals surface area contributed by atoms with Crippen LogP contribution in [0.4, 0.5) is 0 Å². The van der Waals surface area contributed by atoms with Crippen molar-refractivity contribution in [3.63, 3.8) is 0 Å². The van der Waals surface area contributed by atoms with Crippen molar-refractivity contribution in [2.75, 3.05) is 0 Å². The van der Waals surface area contributed by atoms with Crippen molar-refractivity contribution < 1.29 is 0 Å². The number of hydrogen-bond donors (Lipinski definition) is 0. The van der Waals surface area contributed by atoms with E-state index in [0.29, 0.717) is 0 Å². The zero-order valence-electron chi connectivity index (χ0n) is 12.6. The number of hydrogen-bond acceptors (Lipinski definition) is 0. The first-order valence-electron chi connectivity index (χ1n) is 7.48. The molecule has 0 aromatic rings. The molecule has 0 saturated carbocycles. The molecule has 0 bridgehead atoms. The third kappa shape index (κ3) is 3.13. The molecule has 0 fully saturated rings. The van der Waals surface area contributed by atoms with Gasteiger partial charge in [0.15, 0.2) is 0 Å². The lowest BCUT2D eigenvalue weighted by Crippen LogP contribution is -2.23. The molecule has 0 aromatic carbocycles. The number of rotatable bonds is 6. The van der Waals surface area contributed by atoms with E-state index in [9.17, 15) is 0 Å². The molecule has 0 aliphatic carbocycles. The van der Waals surface area contributed by atoms with Gasteiger partial charge in [-0.05, 0) is 23.8 Å². The second kappa shape index (κ2) is 6.58. The highest BCUT2D eigenvalue weighted by atomic mass is 28.3. The molecular formula is C16H30Si. The SMILES string of the molecule is CCC(C)C1=C(C(C)CC)[SiH](C(C)CC)C=C1. The van der Waals surface area contributed by atoms with E-state index in [1.54, 1.807) is 5.57 Å². The summed E-state index contributed by atoms with van der Waals surface area (Å²) < 4.78 is 0. The Hall–Kier alpha value is -0.303. The maximum atomic E-state index is 2.61. The second-order valence-electron chi connectivity index (χ2n) is 5.80. The Balaban J connectivity index is 3.05. The van der Waals surface area contributed by atoms with E-state index in [1.807, 2.05) is 5.20 Å². The molecular weight excluding hydrogens is 220 g/mol. The van der Waals surface area contributed by atoms with Gasteiger partial charge in [0.2, 0.25) is 0 Å². The molecule has 0 nitrogen and oxygen atoms in total. The van der Waals surface area contributed by atoms with Crippen LogP contribution in [0.5, 0.6) is 0 Å². The standard InChI is InChI=1S/C16H30Si/c1-7-12(4)15-10-11-17(14(6)9-3)16(15)13(5)8-2/h10-14,17H,7-9H2,1-6H3. The van der Waals surface area contributed by atoms with Gasteiger partial charge in [0.1, 0.15) is 0 Å². The lowest BCUT2D eigenvalue weighted by molar-refractivity contribution is 0.626. The summed E-state index contributed by atoms with van der Waals surface area (Å²) in [5, 5.41) is 1.89. The quantitative estimate of drug-likeness (QED) is 0.579. The monoisotopic (exact) mass is 250 g/mol. The van der Waals surface area contributed by atoms with Crippen LogP contribution in [0.1, 0.15) is 60.8 Å². The Morgan fingerprint density at radius 1 is 0.941 bits per heavy atom. The van der Waals surface area contributed by atoms with Gasteiger partial charge in [0.25, 0.3) is 0 Å². The van der Waals surface area contributed by atoms with E-state index < -0.39 is 8.80 Å². The second-order valence-corrected chi connectivity index (χ2v) is 9.00. The van der Waals surface area contributed by atoms with Crippen molar-refractivity contribution >= 4 is 8.80 Å². The fourth-order valence-electron chi connectivity index (χ4n) is 2.85. The fourth-order valence-corrected chi connectivity index (χ4v) is 6.63. The summed E-state index contributed by atoms with van der Waals surface area (Å²) in [6.07, 6.45) is 6.41. The summed E-state index contributed by atoms with van der Waals surface area (Å²) >= 11 is 0. The van der Waals surface area contributed by atoms with E-state index in [1.165, 1.54) is 19.3 Å². The molecule has 1 heteroatoms. The van der Waals surface area contributed by atoms with Gasteiger partial charge in [0, 0.05) is 0 Å². The molecule has 0 radical (unpaired) electrons. The maximum Gasteiger partial charge on any atom is 0.0923 e. The minimum atomic E-state index is -0.794. The van der Waals surface area contributed by atoms with Crippen molar-refractivity contribution in [1.29, 1.82) is 0 Å². The van der Waals surface area contributed by atoms with Crippen LogP contribution in [0.2, 0.25) is 5.54 Å². The normalized spacial score (nSPS) is 25.2. The van der Waals surface area contributed by atoms with Crippen LogP contribution in [0.25, 0.3) is 0 Å². The lowest BCUT2D eigenvalue weighted by atomic mass is 9.94. The Bertz CT molecular complexity index is 301. The predicted octanol–water partition coefficient (Wildman–Crippen LogP) is 5.05. The molecule has 4 unspecified atom stereocenters. The summed E-state index contributed by atoms with van der Waals surface area (Å²) in [5.74, 6) is 1.57. The minimum absolute atomic E-state index is 0.761. The van der Waals surface area contributed by atoms with E-state index in [4.69, 9.17) is 0 Å². The average Bonchev–Trinajstić information content (AvgIpc) is 2.80. The van der Waals surface area contributed by atoms with Crippen LogP contribution in [-0.4, -0.2) is 8.80 Å². The molecule has 1 aliphatic heterocycles. The molecule has 0 saturated heterocycles. The summed E-state index contributed by atoms with van der Waals surface area (Å²) in [4.78, 5) is 0. The smallest absolute Gasteiger partial charge is 0.0923 e. The fraction of sp³-hybridized carbons (Fsp3) is 0.750. The van der Waals surface area contributed by atoms with Crippen molar-refractivity contribution in [3.8, 4) is 0 Å². The first-order chi connectivity index (χ1) is 8.06. The van der Waals surface area contributed by atoms with E-state index in [-0.39, 0.29) is 0 Å². The summed E-state index contributed by atoms with van der Waals surface area (Å²) in [7, 11) is -0.794. The van der Waals surface area contributed by atoms with E-state index in [2.05, 4.69) is 53.3 Å². The van der Waals surface area contributed by atoms with Gasteiger partial charge < -0.3 is 0 Å². The lowest BCUT2D eigenvalue weighted by Gasteiger charge is -2.26. The molecule has 0 aromatic heterocycles. The van der Waals surface area contributed by atoms with Crippen LogP contribution in [0.3, 0.4) is 0 Å². The molecule has 17 heavy (non-hydrogen) atoms. The van der Waals surface area contributed by atoms with Gasteiger partial charge in [-0.2, -0.15) is 0 Å². The Labute approximate surface area is 110 Å². The van der Waals surface area contributed by atoms with Crippen molar-refractivity contribution in [2.45, 2.75) is 66.3 Å². The highest BCUT2D eigenvalue weighted by Gasteiger charge is 2.30. The first-order valence-corrected chi connectivity index (χ1v) is 9.39. The highest BCUT2D eigenvalue weighted by molar-refractivity contribution is 6.74. The van der Waals surface area contributed by atoms with Gasteiger partial charge in [-0.25, -0.2) is 0 Å². The summed E-state index contributed by atoms with van der Waals surface area (Å²) in [6.45, 7) is 14.3. The maximum absolute atomic E-state index is 2.61. The molecule has 98 valence electrons. The number of allylic oxidation sites excluding steroid dienone is 3. The van der Waals surface area contributed by atoms with Crippen molar-refractivity contribution in [1.82, 2.24) is 0 Å². The first kappa shape index (κ1) is 14.8. The third-order valence-electron chi connectivity index (χ3n) is 4.72. The topological polar surface area (TPSA) is 0 Å². The predicted molar refractivity (Wildman–Crippen MR) is 81.9 cm³/mol.